The van der Waals surface area contributed by atoms with Gasteiger partial charge in [-0.05, 0) is 115 Å². The van der Waals surface area contributed by atoms with Gasteiger partial charge in [-0.1, -0.05) is 63.2 Å². The number of aliphatic hydroxyl groups is 1. The van der Waals surface area contributed by atoms with Crippen LogP contribution in [0.25, 0.3) is 0 Å². The van der Waals surface area contributed by atoms with Gasteiger partial charge in [0.1, 0.15) is 89.8 Å². The predicted octanol–water partition coefficient (Wildman–Crippen LogP) is -7.20. The summed E-state index contributed by atoms with van der Waals surface area (Å²) < 4.78 is 0. The Labute approximate surface area is 697 Å². The molecule has 1 aliphatic heterocycles. The normalized spacial score (nSPS) is 15.4. The Morgan fingerprint density at radius 3 is 1.59 bits per heavy atom. The largest absolute Gasteiger partial charge is 0.508 e. The van der Waals surface area contributed by atoms with E-state index in [9.17, 15) is 86.9 Å². The van der Waals surface area contributed by atoms with E-state index < -0.39 is 210 Å². The lowest BCUT2D eigenvalue weighted by molar-refractivity contribution is -0.142. The average molecular weight is 1690 g/mol. The number of aromatic amines is 2. The molecule has 3 heterocycles. The lowest BCUT2D eigenvalue weighted by atomic mass is 9.99. The summed E-state index contributed by atoms with van der Waals surface area (Å²) in [6.07, 6.45) is 4.94. The fourth-order valence-corrected chi connectivity index (χ4v) is 12.5. The standard InChI is InChI=1S/C77H115N25O19/c1-9-49(92-70(116)57(37-103)91-60(107)36-86-64(110)53(31-46-34-83-38-87-46)97-66(112)50(20-15-27-85-76(81)82)93-62(108)41(4)89-43(6)104)65(111)98-55(33-59(79)106)68(114)96-52(29-45-22-24-48(105)25-23-45)69(115)100-61(40(2)3)73(119)99-56(30-44-17-11-10-12-18-44)74(120)102-28-16-21-58(102)72(118)90-42(5)63(109)95-54(32-47-35-84-39-88-47)67(113)94-51(19-13-14-26-78)71(117)101-77(7,8)75(80)121/h10-12,17-18,22-25,34-35,38-42,49-58,61,103,105H,9,13-16,19-21,26-33,36-37,78H2,1-8H3,(H2,79,106)(H2,80,121)(H,83,87)(H,84,88)(H,86,110)(H,89,104)(H,90,118)(H,91,107)(H,92,116)(H,93,108)(H,94,113)(H,95,109)(H,96,114)(H,97,112)(H,98,111)(H,99,119)(H,100,115)(H,101,117)(H4,81,82,85)/t41-,42-,49?,50-,51-,52-,53-,54-,55-,56-,57-,58-,61-/m0/s1. The van der Waals surface area contributed by atoms with Crippen LogP contribution >= 0.6 is 0 Å². The van der Waals surface area contributed by atoms with Crippen LogP contribution in [0.2, 0.25) is 0 Å². The molecule has 1 saturated heterocycles. The predicted molar refractivity (Wildman–Crippen MR) is 434 cm³/mol. The van der Waals surface area contributed by atoms with Crippen LogP contribution in [0.15, 0.2) is 79.6 Å². The Balaban J connectivity index is 1.29. The number of H-pyrrole nitrogens is 2. The maximum atomic E-state index is 15.1. The van der Waals surface area contributed by atoms with Crippen molar-refractivity contribution < 1.29 is 91.7 Å². The molecule has 121 heavy (non-hydrogen) atoms. The minimum absolute atomic E-state index is 0.0107. The van der Waals surface area contributed by atoms with Crippen LogP contribution in [-0.2, 0) is 107 Å². The summed E-state index contributed by atoms with van der Waals surface area (Å²) in [7, 11) is 0. The third kappa shape index (κ3) is 32.9. The lowest BCUT2D eigenvalue weighted by Gasteiger charge is -2.31. The van der Waals surface area contributed by atoms with Crippen LogP contribution in [0.5, 0.6) is 5.75 Å². The first-order valence-electron chi connectivity index (χ1n) is 39.5. The van der Waals surface area contributed by atoms with Crippen molar-refractivity contribution in [1.82, 2.24) is 105 Å². The summed E-state index contributed by atoms with van der Waals surface area (Å²) >= 11 is 0. The molecule has 13 atom stereocenters. The molecular weight excluding hydrogens is 1580 g/mol. The van der Waals surface area contributed by atoms with Gasteiger partial charge in [0.2, 0.25) is 100 Å². The number of rotatable bonds is 50. The van der Waals surface area contributed by atoms with Gasteiger partial charge < -0.3 is 128 Å². The molecule has 1 fully saturated rings. The quantitative estimate of drug-likeness (QED) is 0.0111. The maximum Gasteiger partial charge on any atom is 0.246 e. The summed E-state index contributed by atoms with van der Waals surface area (Å²) in [5.74, 6) is -16.7. The van der Waals surface area contributed by atoms with Gasteiger partial charge in [-0.3, -0.25) is 86.9 Å². The number of hydrogen-bond acceptors (Lipinski definition) is 23. The van der Waals surface area contributed by atoms with Gasteiger partial charge in [-0.2, -0.15) is 0 Å². The van der Waals surface area contributed by atoms with Crippen molar-refractivity contribution in [3.8, 4) is 5.75 Å². The summed E-state index contributed by atoms with van der Waals surface area (Å²) in [6.45, 7) is 9.70. The number of nitrogens with zero attached hydrogens (tertiary/aromatic N) is 3. The molecule has 0 saturated carbocycles. The van der Waals surface area contributed by atoms with Crippen molar-refractivity contribution in [2.75, 3.05) is 32.8 Å². The number of hydrogen-bond donors (Lipinski definition) is 24. The molecule has 4 aromatic rings. The smallest absolute Gasteiger partial charge is 0.246 e. The van der Waals surface area contributed by atoms with E-state index in [1.807, 2.05) is 0 Å². The molecule has 2 aromatic heterocycles. The number of primary amides is 2. The number of phenolic OH excluding ortho intramolecular Hbond substituents is 1. The summed E-state index contributed by atoms with van der Waals surface area (Å²) in [5.41, 5.74) is 22.2. The molecular formula is C77H115N25O19. The van der Waals surface area contributed by atoms with Crippen LogP contribution < -0.4 is 103 Å². The van der Waals surface area contributed by atoms with Gasteiger partial charge in [0.25, 0.3) is 0 Å². The molecule has 44 heteroatoms. The fraction of sp³-hybridized carbons (Fsp3) is 0.532. The zero-order chi connectivity index (χ0) is 89.8. The molecule has 17 amide bonds. The second-order valence-electron chi connectivity index (χ2n) is 30.0. The zero-order valence-electron chi connectivity index (χ0n) is 68.8. The average Bonchev–Trinajstić information content (AvgIpc) is 1.74. The van der Waals surface area contributed by atoms with Gasteiger partial charge in [0.05, 0.1) is 43.6 Å². The van der Waals surface area contributed by atoms with Crippen molar-refractivity contribution in [1.29, 1.82) is 5.41 Å². The number of nitrogens with one attached hydrogen (secondary N) is 18. The van der Waals surface area contributed by atoms with E-state index in [0.29, 0.717) is 36.1 Å². The third-order valence-electron chi connectivity index (χ3n) is 19.3. The van der Waals surface area contributed by atoms with Crippen LogP contribution in [-0.4, -0.2) is 258 Å². The third-order valence-corrected chi connectivity index (χ3v) is 19.3. The van der Waals surface area contributed by atoms with Crippen molar-refractivity contribution in [2.24, 2.45) is 28.9 Å². The number of amides is 17. The Hall–Kier alpha value is -13.2. The number of guanidine groups is 1. The lowest BCUT2D eigenvalue weighted by Crippen LogP contribution is -2.62. The number of phenols is 1. The number of likely N-dealkylation sites (tertiary alicyclic amines) is 1. The van der Waals surface area contributed by atoms with E-state index in [1.54, 1.807) is 44.2 Å². The fourth-order valence-electron chi connectivity index (χ4n) is 12.5. The van der Waals surface area contributed by atoms with Crippen molar-refractivity contribution in [3.05, 3.63) is 102 Å². The molecule has 1 unspecified atom stereocenters. The second-order valence-corrected chi connectivity index (χ2v) is 30.0. The number of carbonyl (C=O) groups excluding carboxylic acids is 17. The van der Waals surface area contributed by atoms with Crippen LogP contribution in [0.4, 0.5) is 0 Å². The molecule has 44 nitrogen and oxygen atoms in total. The van der Waals surface area contributed by atoms with Crippen LogP contribution in [0, 0.1) is 11.3 Å². The van der Waals surface area contributed by atoms with Gasteiger partial charge in [0.15, 0.2) is 5.96 Å². The number of imidazole rings is 2. The number of aromatic nitrogens is 4. The van der Waals surface area contributed by atoms with Gasteiger partial charge >= 0.3 is 0 Å². The summed E-state index contributed by atoms with van der Waals surface area (Å²) in [5, 5.41) is 65.7. The highest BCUT2D eigenvalue weighted by Crippen LogP contribution is 2.22. The van der Waals surface area contributed by atoms with Crippen molar-refractivity contribution in [2.45, 2.75) is 223 Å². The molecule has 5 rings (SSSR count). The van der Waals surface area contributed by atoms with E-state index in [0.717, 1.165) is 0 Å². The Morgan fingerprint density at radius 1 is 0.545 bits per heavy atom. The van der Waals surface area contributed by atoms with E-state index in [4.69, 9.17) is 28.3 Å². The SMILES string of the molecule is CCC(NC(=O)[C@H](CO)NC(=O)CNC(=O)[C@H](Cc1c[nH]cn1)NC(=O)[C@H](CCCNC(=N)N)NC(=O)[C@H](C)NC(C)=O)C(=O)N[C@@H](CC(N)=O)C(=O)N[C@@H](Cc1ccc(O)cc1)C(=O)N[C@H](C(=O)N[C@@H](Cc1ccccc1)C(=O)N1CCC[C@H]1C(=O)N[C@@H](C)C(=O)N[C@@H](Cc1c[nH]cn1)C(=O)N[C@@H](CCCCN)C(=O)NC(C)(C)C(N)=O)C(C)C. The van der Waals surface area contributed by atoms with E-state index in [-0.39, 0.29) is 94.8 Å². The Morgan fingerprint density at radius 2 is 1.03 bits per heavy atom. The van der Waals surface area contributed by atoms with Gasteiger partial charge in [0, 0.05) is 58.1 Å². The Kier molecular flexibility index (Phi) is 39.6. The highest BCUT2D eigenvalue weighted by molar-refractivity contribution is 6.01. The van der Waals surface area contributed by atoms with Crippen molar-refractivity contribution in [3.63, 3.8) is 0 Å². The molecule has 0 radical (unpaired) electrons. The zero-order valence-corrected chi connectivity index (χ0v) is 68.8. The molecule has 1 aliphatic rings. The number of aromatic hydroxyl groups is 1. The first kappa shape index (κ1) is 98.4. The molecule has 28 N–H and O–H groups in total. The molecule has 0 aliphatic carbocycles. The topological polar surface area (TPSA) is 700 Å². The summed E-state index contributed by atoms with van der Waals surface area (Å²) in [6, 6.07) is -4.99. The van der Waals surface area contributed by atoms with Crippen LogP contribution in [0.1, 0.15) is 136 Å². The molecule has 0 bridgehead atoms. The number of benzene rings is 2. The number of unbranched alkanes of at least 4 members (excludes halogenated alkanes) is 1. The summed E-state index contributed by atoms with van der Waals surface area (Å²) in [4.78, 5) is 249. The number of carbonyl (C=O) groups is 17. The first-order chi connectivity index (χ1) is 57.2. The number of nitrogens with two attached hydrogens (primary N) is 4. The highest BCUT2D eigenvalue weighted by Gasteiger charge is 2.42. The van der Waals surface area contributed by atoms with Gasteiger partial charge in [-0.25, -0.2) is 9.97 Å². The highest BCUT2D eigenvalue weighted by atomic mass is 16.3. The monoisotopic (exact) mass is 1690 g/mol. The minimum atomic E-state index is -1.89. The van der Waals surface area contributed by atoms with E-state index >= 15 is 4.79 Å². The van der Waals surface area contributed by atoms with Gasteiger partial charge in [-0.15, -0.1) is 0 Å². The number of aliphatic hydroxyl groups excluding tert-OH is 1. The molecule has 662 valence electrons. The van der Waals surface area contributed by atoms with E-state index in [2.05, 4.69) is 99.7 Å². The molecule has 0 spiro atoms. The maximum absolute atomic E-state index is 15.1. The Bertz CT molecular complexity index is 4230. The first-order valence-corrected chi connectivity index (χ1v) is 39.5. The van der Waals surface area contributed by atoms with Crippen LogP contribution in [0.3, 0.4) is 0 Å². The van der Waals surface area contributed by atoms with Crippen molar-refractivity contribution >= 4 is 106 Å². The van der Waals surface area contributed by atoms with E-state index in [1.165, 1.54) is 95.8 Å². The minimum Gasteiger partial charge on any atom is -0.508 e. The second kappa shape index (κ2) is 48.7. The molecule has 2 aromatic carbocycles.